The average molecular weight is 441 g/mol. The van der Waals surface area contributed by atoms with E-state index < -0.39 is 41.6 Å². The highest BCUT2D eigenvalue weighted by Gasteiger charge is 2.60. The lowest BCUT2D eigenvalue weighted by Gasteiger charge is -2.30. The summed E-state index contributed by atoms with van der Waals surface area (Å²) >= 11 is 5.98. The first-order valence-corrected chi connectivity index (χ1v) is 9.28. The Morgan fingerprint density at radius 3 is 2.43 bits per heavy atom. The summed E-state index contributed by atoms with van der Waals surface area (Å²) in [5.41, 5.74) is -0.237. The van der Waals surface area contributed by atoms with Gasteiger partial charge in [0.05, 0.1) is 22.5 Å². The van der Waals surface area contributed by atoms with Crippen molar-refractivity contribution in [3.8, 4) is 0 Å². The molecule has 30 heavy (non-hydrogen) atoms. The highest BCUT2D eigenvalue weighted by molar-refractivity contribution is 6.33. The number of alkyl halides is 3. The van der Waals surface area contributed by atoms with E-state index >= 15 is 0 Å². The maximum atomic E-state index is 13.2. The molecule has 0 bridgehead atoms. The van der Waals surface area contributed by atoms with Gasteiger partial charge in [-0.25, -0.2) is 4.98 Å². The molecule has 1 aromatic heterocycles. The summed E-state index contributed by atoms with van der Waals surface area (Å²) in [6, 6.07) is 9.31. The van der Waals surface area contributed by atoms with Crippen molar-refractivity contribution >= 4 is 29.2 Å². The molecule has 158 valence electrons. The molecule has 2 fully saturated rings. The van der Waals surface area contributed by atoms with Crippen LogP contribution in [0.4, 0.5) is 19.0 Å². The Morgan fingerprint density at radius 2 is 1.83 bits per heavy atom. The second kappa shape index (κ2) is 7.22. The fraction of sp³-hybridized carbons (Fsp3) is 0.316. The van der Waals surface area contributed by atoms with Crippen molar-refractivity contribution < 1.29 is 27.6 Å². The summed E-state index contributed by atoms with van der Waals surface area (Å²) in [6.45, 7) is 0. The Hall–Kier alpha value is -2.69. The quantitative estimate of drug-likeness (QED) is 0.683. The molecule has 0 spiro atoms. The van der Waals surface area contributed by atoms with Crippen LogP contribution in [-0.2, 0) is 20.6 Å². The predicted octanol–water partition coefficient (Wildman–Crippen LogP) is 3.08. The molecular weight excluding hydrogens is 425 g/mol. The number of pyridine rings is 1. The normalized spacial score (nSPS) is 24.5. The van der Waals surface area contributed by atoms with Gasteiger partial charge < -0.3 is 0 Å². The SMILES string of the molecule is CN1O[C@H]2C(=O)N(N(C)c3ncc(C(F)(F)F)cc3Cl)C(=O)[C@@H]2[C@@H]1c1ccccc1. The van der Waals surface area contributed by atoms with Crippen LogP contribution in [-0.4, -0.2) is 47.1 Å². The minimum atomic E-state index is -4.62. The first kappa shape index (κ1) is 20.6. The van der Waals surface area contributed by atoms with E-state index in [9.17, 15) is 22.8 Å². The van der Waals surface area contributed by atoms with E-state index in [2.05, 4.69) is 4.98 Å². The van der Waals surface area contributed by atoms with Crippen LogP contribution >= 0.6 is 11.6 Å². The van der Waals surface area contributed by atoms with Gasteiger partial charge in [-0.1, -0.05) is 41.9 Å². The van der Waals surface area contributed by atoms with Crippen molar-refractivity contribution in [1.82, 2.24) is 15.1 Å². The number of carbonyl (C=O) groups excluding carboxylic acids is 2. The van der Waals surface area contributed by atoms with Gasteiger partial charge in [0, 0.05) is 20.3 Å². The van der Waals surface area contributed by atoms with Crippen molar-refractivity contribution in [3.63, 3.8) is 0 Å². The number of anilines is 1. The Balaban J connectivity index is 1.66. The zero-order valence-corrected chi connectivity index (χ0v) is 16.6. The Labute approximate surface area is 174 Å². The van der Waals surface area contributed by atoms with Gasteiger partial charge in [0.1, 0.15) is 0 Å². The van der Waals surface area contributed by atoms with Crippen LogP contribution in [0.5, 0.6) is 0 Å². The largest absolute Gasteiger partial charge is 0.417 e. The number of benzene rings is 1. The molecule has 3 atom stereocenters. The molecule has 1 aromatic carbocycles. The number of hydrazine groups is 1. The minimum absolute atomic E-state index is 0.157. The first-order valence-electron chi connectivity index (χ1n) is 8.90. The number of amides is 2. The standard InChI is InChI=1S/C19H16ClF3N4O3/c1-25(16-12(20)8-11(9-24-16)19(21,22)23)27-17(28)13-14(10-6-4-3-5-7-10)26(2)30-15(13)18(27)29/h3-9,13-15H,1-2H3/t13-,14+,15-/m1/s1. The van der Waals surface area contributed by atoms with E-state index in [4.69, 9.17) is 16.4 Å². The molecule has 4 rings (SSSR count). The Kier molecular flexibility index (Phi) is 4.95. The second-order valence-electron chi connectivity index (χ2n) is 6.99. The van der Waals surface area contributed by atoms with Crippen LogP contribution < -0.4 is 5.01 Å². The van der Waals surface area contributed by atoms with Crippen LogP contribution in [0.1, 0.15) is 17.2 Å². The molecule has 0 radical (unpaired) electrons. The van der Waals surface area contributed by atoms with E-state index in [1.807, 2.05) is 30.3 Å². The average Bonchev–Trinajstić information content (AvgIpc) is 3.15. The smallest absolute Gasteiger partial charge is 0.284 e. The number of hydrogen-bond donors (Lipinski definition) is 0. The molecule has 2 aromatic rings. The van der Waals surface area contributed by atoms with Crippen LogP contribution in [0.3, 0.4) is 0 Å². The fourth-order valence-electron chi connectivity index (χ4n) is 3.82. The maximum Gasteiger partial charge on any atom is 0.417 e. The third-order valence-corrected chi connectivity index (χ3v) is 5.46. The topological polar surface area (TPSA) is 66.0 Å². The number of imide groups is 1. The lowest BCUT2D eigenvalue weighted by atomic mass is 9.91. The van der Waals surface area contributed by atoms with Gasteiger partial charge in [-0.2, -0.15) is 23.2 Å². The van der Waals surface area contributed by atoms with Gasteiger partial charge in [-0.05, 0) is 11.6 Å². The molecule has 7 nitrogen and oxygen atoms in total. The number of aromatic nitrogens is 1. The molecule has 0 unspecified atom stereocenters. The van der Waals surface area contributed by atoms with Gasteiger partial charge in [0.15, 0.2) is 11.9 Å². The first-order chi connectivity index (χ1) is 14.1. The van der Waals surface area contributed by atoms with Gasteiger partial charge >= 0.3 is 6.18 Å². The highest BCUT2D eigenvalue weighted by Crippen LogP contribution is 2.44. The molecule has 0 aliphatic carbocycles. The Morgan fingerprint density at radius 1 is 1.17 bits per heavy atom. The van der Waals surface area contributed by atoms with E-state index in [0.717, 1.165) is 15.6 Å². The monoisotopic (exact) mass is 440 g/mol. The second-order valence-corrected chi connectivity index (χ2v) is 7.40. The third kappa shape index (κ3) is 3.21. The maximum absolute atomic E-state index is 13.2. The van der Waals surface area contributed by atoms with Crippen LogP contribution in [0, 0.1) is 5.92 Å². The fourth-order valence-corrected chi connectivity index (χ4v) is 4.11. The van der Waals surface area contributed by atoms with Gasteiger partial charge in [-0.3, -0.25) is 19.4 Å². The van der Waals surface area contributed by atoms with Crippen molar-refractivity contribution in [3.05, 3.63) is 58.7 Å². The van der Waals surface area contributed by atoms with Crippen molar-refractivity contribution in [2.75, 3.05) is 19.1 Å². The molecule has 2 amide bonds. The van der Waals surface area contributed by atoms with Crippen molar-refractivity contribution in [2.24, 2.45) is 5.92 Å². The number of hydrogen-bond acceptors (Lipinski definition) is 6. The van der Waals surface area contributed by atoms with E-state index in [1.165, 1.54) is 12.1 Å². The molecule has 0 N–H and O–H groups in total. The number of fused-ring (bicyclic) bond motifs is 1. The van der Waals surface area contributed by atoms with Crippen molar-refractivity contribution in [2.45, 2.75) is 18.3 Å². The molecule has 0 saturated carbocycles. The summed E-state index contributed by atoms with van der Waals surface area (Å²) < 4.78 is 38.6. The number of halogens is 4. The summed E-state index contributed by atoms with van der Waals surface area (Å²) in [5, 5.41) is 3.00. The molecule has 3 heterocycles. The highest BCUT2D eigenvalue weighted by atomic mass is 35.5. The van der Waals surface area contributed by atoms with Crippen LogP contribution in [0.15, 0.2) is 42.6 Å². The molecule has 2 aliphatic rings. The molecule has 11 heteroatoms. The molecule has 2 aliphatic heterocycles. The molecular formula is C19H16ClF3N4O3. The van der Waals surface area contributed by atoms with Crippen LogP contribution in [0.2, 0.25) is 5.02 Å². The van der Waals surface area contributed by atoms with Crippen LogP contribution in [0.25, 0.3) is 0 Å². The van der Waals surface area contributed by atoms with E-state index in [1.54, 1.807) is 7.05 Å². The predicted molar refractivity (Wildman–Crippen MR) is 99.8 cm³/mol. The van der Waals surface area contributed by atoms with Crippen molar-refractivity contribution in [1.29, 1.82) is 0 Å². The number of hydroxylamine groups is 2. The zero-order valence-electron chi connectivity index (χ0n) is 15.8. The van der Waals surface area contributed by atoms with E-state index in [0.29, 0.717) is 12.3 Å². The third-order valence-electron chi connectivity index (χ3n) is 5.18. The number of nitrogens with zero attached hydrogens (tertiary/aromatic N) is 4. The summed E-state index contributed by atoms with van der Waals surface area (Å²) in [6.07, 6.45) is -5.07. The summed E-state index contributed by atoms with van der Waals surface area (Å²) in [5.74, 6) is -2.17. The minimum Gasteiger partial charge on any atom is -0.284 e. The number of carbonyl (C=O) groups is 2. The summed E-state index contributed by atoms with van der Waals surface area (Å²) in [7, 11) is 2.97. The van der Waals surface area contributed by atoms with E-state index in [-0.39, 0.29) is 10.8 Å². The van der Waals surface area contributed by atoms with Gasteiger partial charge in [-0.15, -0.1) is 0 Å². The molecule has 2 saturated heterocycles. The lowest BCUT2D eigenvalue weighted by Crippen LogP contribution is -2.47. The Bertz CT molecular complexity index is 1000. The zero-order chi connectivity index (χ0) is 21.8. The lowest BCUT2D eigenvalue weighted by molar-refractivity contribution is -0.170. The summed E-state index contributed by atoms with van der Waals surface area (Å²) in [4.78, 5) is 35.5. The number of rotatable bonds is 3. The van der Waals surface area contributed by atoms with Gasteiger partial charge in [0.2, 0.25) is 0 Å². The van der Waals surface area contributed by atoms with Gasteiger partial charge in [0.25, 0.3) is 11.8 Å².